The summed E-state index contributed by atoms with van der Waals surface area (Å²) >= 11 is 0. The van der Waals surface area contributed by atoms with Crippen LogP contribution in [0.25, 0.3) is 0 Å². The minimum atomic E-state index is -0.214. The third-order valence-electron chi connectivity index (χ3n) is 2.57. The molecule has 0 heterocycles. The van der Waals surface area contributed by atoms with Crippen LogP contribution in [0.2, 0.25) is 0 Å². The Hall–Kier alpha value is -1.58. The Morgan fingerprint density at radius 2 is 2.24 bits per heavy atom. The van der Waals surface area contributed by atoms with E-state index >= 15 is 0 Å². The van der Waals surface area contributed by atoms with Gasteiger partial charge < -0.3 is 10.6 Å². The standard InChI is InChI=1S/C13H20FN3/c1-4-10(2)17-13(15-3)16-9-11-6-5-7-12(14)8-11/h5-8,10H,4,9H2,1-3H3,(H2,15,16,17). The molecule has 0 fully saturated rings. The minimum absolute atomic E-state index is 0.214. The molecule has 0 aromatic heterocycles. The lowest BCUT2D eigenvalue weighted by molar-refractivity contribution is 0.618. The van der Waals surface area contributed by atoms with Gasteiger partial charge in [-0.05, 0) is 31.0 Å². The maximum Gasteiger partial charge on any atom is 0.191 e. The SMILES string of the molecule is CCC(C)NC(=NC)NCc1cccc(F)c1. The molecule has 3 nitrogen and oxygen atoms in total. The van der Waals surface area contributed by atoms with Crippen molar-refractivity contribution in [3.63, 3.8) is 0 Å². The molecule has 0 saturated carbocycles. The lowest BCUT2D eigenvalue weighted by Crippen LogP contribution is -2.41. The van der Waals surface area contributed by atoms with E-state index in [1.807, 2.05) is 6.07 Å². The second-order valence-corrected chi connectivity index (χ2v) is 4.01. The molecule has 1 aromatic rings. The van der Waals surface area contributed by atoms with E-state index in [-0.39, 0.29) is 5.82 Å². The summed E-state index contributed by atoms with van der Waals surface area (Å²) in [6.45, 7) is 4.76. The van der Waals surface area contributed by atoms with E-state index in [1.165, 1.54) is 12.1 Å². The lowest BCUT2D eigenvalue weighted by Gasteiger charge is -2.16. The monoisotopic (exact) mass is 237 g/mol. The van der Waals surface area contributed by atoms with Crippen molar-refractivity contribution in [2.24, 2.45) is 4.99 Å². The van der Waals surface area contributed by atoms with Gasteiger partial charge in [-0.15, -0.1) is 0 Å². The predicted octanol–water partition coefficient (Wildman–Crippen LogP) is 2.29. The molecule has 0 spiro atoms. The third kappa shape index (κ3) is 4.85. The molecule has 0 aliphatic rings. The highest BCUT2D eigenvalue weighted by molar-refractivity contribution is 5.79. The van der Waals surface area contributed by atoms with Crippen LogP contribution in [-0.4, -0.2) is 19.0 Å². The van der Waals surface area contributed by atoms with Gasteiger partial charge in [0.05, 0.1) is 0 Å². The molecule has 1 rings (SSSR count). The zero-order valence-corrected chi connectivity index (χ0v) is 10.6. The van der Waals surface area contributed by atoms with Crippen molar-refractivity contribution >= 4 is 5.96 Å². The Labute approximate surface area is 102 Å². The number of hydrogen-bond acceptors (Lipinski definition) is 1. The number of nitrogens with one attached hydrogen (secondary N) is 2. The quantitative estimate of drug-likeness (QED) is 0.622. The Morgan fingerprint density at radius 3 is 2.82 bits per heavy atom. The topological polar surface area (TPSA) is 36.4 Å². The molecular formula is C13H20FN3. The number of hydrogen-bond donors (Lipinski definition) is 2. The van der Waals surface area contributed by atoms with Gasteiger partial charge in [-0.1, -0.05) is 19.1 Å². The summed E-state index contributed by atoms with van der Waals surface area (Å²) in [7, 11) is 1.73. The first-order chi connectivity index (χ1) is 8.15. The van der Waals surface area contributed by atoms with Gasteiger partial charge in [-0.3, -0.25) is 4.99 Å². The minimum Gasteiger partial charge on any atom is -0.354 e. The first-order valence-electron chi connectivity index (χ1n) is 5.87. The molecule has 0 amide bonds. The van der Waals surface area contributed by atoms with Crippen molar-refractivity contribution < 1.29 is 4.39 Å². The Kier molecular flexibility index (Phi) is 5.46. The molecule has 0 saturated heterocycles. The van der Waals surface area contributed by atoms with Crippen LogP contribution in [0.3, 0.4) is 0 Å². The third-order valence-corrected chi connectivity index (χ3v) is 2.57. The molecule has 2 N–H and O–H groups in total. The van der Waals surface area contributed by atoms with E-state index in [9.17, 15) is 4.39 Å². The molecule has 1 unspecified atom stereocenters. The summed E-state index contributed by atoms with van der Waals surface area (Å²) in [4.78, 5) is 4.11. The van der Waals surface area contributed by atoms with Crippen LogP contribution in [0.5, 0.6) is 0 Å². The van der Waals surface area contributed by atoms with Crippen LogP contribution >= 0.6 is 0 Å². The van der Waals surface area contributed by atoms with Crippen LogP contribution in [0.15, 0.2) is 29.3 Å². The molecule has 94 valence electrons. The van der Waals surface area contributed by atoms with E-state index in [0.717, 1.165) is 17.9 Å². The van der Waals surface area contributed by atoms with E-state index < -0.39 is 0 Å². The van der Waals surface area contributed by atoms with Crippen molar-refractivity contribution in [1.29, 1.82) is 0 Å². The highest BCUT2D eigenvalue weighted by Gasteiger charge is 2.02. The van der Waals surface area contributed by atoms with Crippen molar-refractivity contribution in [3.8, 4) is 0 Å². The van der Waals surface area contributed by atoms with Crippen molar-refractivity contribution in [3.05, 3.63) is 35.6 Å². The van der Waals surface area contributed by atoms with Gasteiger partial charge in [0.25, 0.3) is 0 Å². The van der Waals surface area contributed by atoms with Gasteiger partial charge in [0.2, 0.25) is 0 Å². The van der Waals surface area contributed by atoms with Crippen LogP contribution in [0.1, 0.15) is 25.8 Å². The number of nitrogens with zero attached hydrogens (tertiary/aromatic N) is 1. The van der Waals surface area contributed by atoms with Crippen molar-refractivity contribution in [1.82, 2.24) is 10.6 Å². The second-order valence-electron chi connectivity index (χ2n) is 4.01. The predicted molar refractivity (Wildman–Crippen MR) is 69.5 cm³/mol. The summed E-state index contributed by atoms with van der Waals surface area (Å²) in [5.41, 5.74) is 0.900. The molecule has 1 aromatic carbocycles. The molecule has 0 bridgehead atoms. The highest BCUT2D eigenvalue weighted by atomic mass is 19.1. The van der Waals surface area contributed by atoms with Crippen LogP contribution in [0, 0.1) is 5.82 Å². The van der Waals surface area contributed by atoms with Crippen LogP contribution < -0.4 is 10.6 Å². The number of guanidine groups is 1. The average Bonchev–Trinajstić information content (AvgIpc) is 2.34. The summed E-state index contributed by atoms with van der Waals surface area (Å²) in [6.07, 6.45) is 1.03. The average molecular weight is 237 g/mol. The molecule has 4 heteroatoms. The van der Waals surface area contributed by atoms with Gasteiger partial charge in [0.15, 0.2) is 5.96 Å². The van der Waals surface area contributed by atoms with Crippen molar-refractivity contribution in [2.45, 2.75) is 32.9 Å². The lowest BCUT2D eigenvalue weighted by atomic mass is 10.2. The maximum absolute atomic E-state index is 13.0. The summed E-state index contributed by atoms with van der Waals surface area (Å²) < 4.78 is 13.0. The van der Waals surface area contributed by atoms with Crippen molar-refractivity contribution in [2.75, 3.05) is 7.05 Å². The molecule has 0 aliphatic carbocycles. The van der Waals surface area contributed by atoms with Gasteiger partial charge in [-0.2, -0.15) is 0 Å². The van der Waals surface area contributed by atoms with Gasteiger partial charge in [0.1, 0.15) is 5.82 Å². The number of rotatable bonds is 4. The smallest absolute Gasteiger partial charge is 0.191 e. The van der Waals surface area contributed by atoms with Crippen LogP contribution in [-0.2, 0) is 6.54 Å². The molecule has 17 heavy (non-hydrogen) atoms. The zero-order valence-electron chi connectivity index (χ0n) is 10.6. The summed E-state index contributed by atoms with van der Waals surface area (Å²) in [5, 5.41) is 6.40. The largest absolute Gasteiger partial charge is 0.354 e. The summed E-state index contributed by atoms with van der Waals surface area (Å²) in [6, 6.07) is 6.91. The first kappa shape index (κ1) is 13.5. The second kappa shape index (κ2) is 6.89. The summed E-state index contributed by atoms with van der Waals surface area (Å²) in [5.74, 6) is 0.526. The zero-order chi connectivity index (χ0) is 12.7. The van der Waals surface area contributed by atoms with Gasteiger partial charge in [0, 0.05) is 19.6 Å². The van der Waals surface area contributed by atoms with Gasteiger partial charge in [-0.25, -0.2) is 4.39 Å². The number of aliphatic imine (C=N–C) groups is 1. The normalized spacial score (nSPS) is 13.3. The maximum atomic E-state index is 13.0. The molecule has 0 aliphatic heterocycles. The van der Waals surface area contributed by atoms with Crippen LogP contribution in [0.4, 0.5) is 4.39 Å². The fraction of sp³-hybridized carbons (Fsp3) is 0.462. The molecule has 1 atom stereocenters. The Morgan fingerprint density at radius 1 is 1.47 bits per heavy atom. The fourth-order valence-electron chi connectivity index (χ4n) is 1.36. The first-order valence-corrected chi connectivity index (χ1v) is 5.87. The number of benzene rings is 1. The molecular weight excluding hydrogens is 217 g/mol. The Balaban J connectivity index is 2.48. The van der Waals surface area contributed by atoms with E-state index in [4.69, 9.17) is 0 Å². The fourth-order valence-corrected chi connectivity index (χ4v) is 1.36. The van der Waals surface area contributed by atoms with E-state index in [2.05, 4.69) is 29.5 Å². The molecule has 0 radical (unpaired) electrons. The number of halogens is 1. The highest BCUT2D eigenvalue weighted by Crippen LogP contribution is 2.02. The van der Waals surface area contributed by atoms with E-state index in [1.54, 1.807) is 13.1 Å². The van der Waals surface area contributed by atoms with Gasteiger partial charge >= 0.3 is 0 Å². The van der Waals surface area contributed by atoms with E-state index in [0.29, 0.717) is 12.6 Å². The Bertz CT molecular complexity index is 377.